The summed E-state index contributed by atoms with van der Waals surface area (Å²) in [6, 6.07) is 88.9. The molecule has 0 radical (unpaired) electrons. The summed E-state index contributed by atoms with van der Waals surface area (Å²) in [6.07, 6.45) is 11.5. The molecule has 20 rings (SSSR count). The Kier molecular flexibility index (Phi) is 15.8. The van der Waals surface area contributed by atoms with Gasteiger partial charge in [-0.3, -0.25) is 0 Å². The van der Waals surface area contributed by atoms with Gasteiger partial charge in [-0.15, -0.1) is 0 Å². The van der Waals surface area contributed by atoms with E-state index in [0.29, 0.717) is 78.4 Å². The summed E-state index contributed by atoms with van der Waals surface area (Å²) in [5.74, 6) is -21.0. The number of nitrogens with zero attached hydrogens (tertiary/aromatic N) is 2. The molecule has 5 unspecified atom stereocenters. The quantitative estimate of drug-likeness (QED) is 0.0608. The van der Waals surface area contributed by atoms with Crippen molar-refractivity contribution in [2.24, 2.45) is 5.92 Å². The summed E-state index contributed by atoms with van der Waals surface area (Å²) >= 11 is 0. The topological polar surface area (TPSA) is 6.48 Å². The maximum Gasteiger partial charge on any atom is 0.200 e. The molecule has 0 N–H and O–H groups in total. The zero-order valence-electron chi connectivity index (χ0n) is 60.2. The first kappa shape index (κ1) is 68.9. The Hall–Kier alpha value is -13.3. The van der Waals surface area contributed by atoms with Gasteiger partial charge in [0.15, 0.2) is 46.5 Å². The Balaban J connectivity index is 0.828. The average Bonchev–Trinajstić information content (AvgIpc) is 1.52. The molecule has 0 aromatic heterocycles. The zero-order chi connectivity index (χ0) is 77.1. The predicted octanol–water partition coefficient (Wildman–Crippen LogP) is 26.9. The van der Waals surface area contributed by atoms with Crippen molar-refractivity contribution in [2.75, 3.05) is 9.80 Å². The van der Waals surface area contributed by atoms with E-state index in [9.17, 15) is 0 Å². The Morgan fingerprint density at radius 2 is 0.646 bits per heavy atom. The zero-order valence-corrected chi connectivity index (χ0v) is 60.2. The maximum absolute atomic E-state index is 17.5. The molecule has 0 saturated heterocycles. The van der Waals surface area contributed by atoms with Crippen LogP contribution in [0.4, 0.5) is 78.0 Å². The molecule has 0 aliphatic heterocycles. The fourth-order valence-electron chi connectivity index (χ4n) is 19.8. The van der Waals surface area contributed by atoms with Gasteiger partial charge in [0.1, 0.15) is 0 Å². The molecule has 5 aliphatic rings. The van der Waals surface area contributed by atoms with Crippen LogP contribution in [0, 0.1) is 64.1 Å². The fraction of sp³-hybridized carbons (Fsp3) is 0.0693. The lowest BCUT2D eigenvalue weighted by Crippen LogP contribution is -2.34. The summed E-state index contributed by atoms with van der Waals surface area (Å²) in [7, 11) is 0. The molecule has 1 spiro atoms. The van der Waals surface area contributed by atoms with Crippen molar-refractivity contribution in [3.63, 3.8) is 0 Å². The maximum atomic E-state index is 17.5. The predicted molar refractivity (Wildman–Crippen MR) is 431 cm³/mol. The van der Waals surface area contributed by atoms with Gasteiger partial charge in [0.2, 0.25) is 11.6 Å². The Morgan fingerprint density at radius 1 is 0.301 bits per heavy atom. The van der Waals surface area contributed by atoms with Crippen LogP contribution in [0.25, 0.3) is 67.1 Å². The van der Waals surface area contributed by atoms with E-state index in [2.05, 4.69) is 102 Å². The second-order valence-electron chi connectivity index (χ2n) is 29.8. The van der Waals surface area contributed by atoms with E-state index in [-0.39, 0.29) is 24.7 Å². The lowest BCUT2D eigenvalue weighted by Gasteiger charge is -2.38. The third kappa shape index (κ3) is 9.81. The summed E-state index contributed by atoms with van der Waals surface area (Å²) in [5.41, 5.74) is 8.85. The van der Waals surface area contributed by atoms with Gasteiger partial charge < -0.3 is 9.80 Å². The normalized spacial score (nSPS) is 18.2. The van der Waals surface area contributed by atoms with E-state index in [1.165, 1.54) is 0 Å². The highest BCUT2D eigenvalue weighted by Gasteiger charge is 2.58. The van der Waals surface area contributed by atoms with E-state index in [1.807, 2.05) is 140 Å². The van der Waals surface area contributed by atoms with E-state index < -0.39 is 85.5 Å². The number of hydrogen-bond acceptors (Lipinski definition) is 2. The molecular formula is C101H62F10N2. The Labute approximate surface area is 644 Å². The molecule has 15 aromatic carbocycles. The summed E-state index contributed by atoms with van der Waals surface area (Å²) < 4.78 is 166. The molecule has 2 nitrogen and oxygen atoms in total. The minimum atomic E-state index is -2.27. The number of fused-ring (bicyclic) bond motifs is 18. The molecular weight excluding hydrogens is 1430 g/mol. The van der Waals surface area contributed by atoms with Crippen LogP contribution in [-0.2, 0) is 29.1 Å². The van der Waals surface area contributed by atoms with Crippen LogP contribution < -0.4 is 9.80 Å². The van der Waals surface area contributed by atoms with Crippen molar-refractivity contribution in [2.45, 2.75) is 35.0 Å². The summed E-state index contributed by atoms with van der Waals surface area (Å²) in [5, 5.41) is 3.49. The van der Waals surface area contributed by atoms with E-state index in [0.717, 1.165) is 77.4 Å². The first-order chi connectivity index (χ1) is 55.1. The fourth-order valence-corrected chi connectivity index (χ4v) is 19.8. The molecule has 0 saturated carbocycles. The second-order valence-corrected chi connectivity index (χ2v) is 29.8. The first-order valence-electron chi connectivity index (χ1n) is 37.3. The third-order valence-corrected chi connectivity index (χ3v) is 24.5. The Bertz CT molecular complexity index is 6610. The van der Waals surface area contributed by atoms with Gasteiger partial charge in [-0.05, 0) is 184 Å². The van der Waals surface area contributed by atoms with Crippen molar-refractivity contribution < 1.29 is 43.9 Å². The second kappa shape index (κ2) is 25.9. The van der Waals surface area contributed by atoms with Gasteiger partial charge >= 0.3 is 0 Å². The lowest BCUT2D eigenvalue weighted by molar-refractivity contribution is 0.357. The van der Waals surface area contributed by atoms with Crippen LogP contribution in [0.3, 0.4) is 0 Å². The van der Waals surface area contributed by atoms with E-state index in [1.54, 1.807) is 97.1 Å². The van der Waals surface area contributed by atoms with Gasteiger partial charge in [0, 0.05) is 56.5 Å². The molecule has 5 atom stereocenters. The number of hydrogen-bond donors (Lipinski definition) is 0. The van der Waals surface area contributed by atoms with Crippen LogP contribution in [-0.4, -0.2) is 0 Å². The minimum absolute atomic E-state index is 0.200. The third-order valence-electron chi connectivity index (χ3n) is 24.5. The van der Waals surface area contributed by atoms with Gasteiger partial charge in [-0.2, -0.15) is 0 Å². The van der Waals surface area contributed by atoms with E-state index in [4.69, 9.17) is 0 Å². The number of anilines is 6. The highest BCUT2D eigenvalue weighted by Crippen LogP contribution is 2.68. The number of allylic oxidation sites excluding steroid dienone is 4. The highest BCUT2D eigenvalue weighted by atomic mass is 19.2. The molecule has 0 fully saturated rings. The Morgan fingerprint density at radius 3 is 1.10 bits per heavy atom. The van der Waals surface area contributed by atoms with Crippen LogP contribution in [0.15, 0.2) is 317 Å². The summed E-state index contributed by atoms with van der Waals surface area (Å²) in [6.45, 7) is 7.85. The van der Waals surface area contributed by atoms with E-state index >= 15 is 43.9 Å². The number of benzene rings is 15. The molecule has 12 heteroatoms. The van der Waals surface area contributed by atoms with Crippen molar-refractivity contribution in [1.29, 1.82) is 0 Å². The molecule has 0 amide bonds. The largest absolute Gasteiger partial charge is 0.310 e. The summed E-state index contributed by atoms with van der Waals surface area (Å²) in [4.78, 5) is 4.23. The van der Waals surface area contributed by atoms with Crippen molar-refractivity contribution >= 4 is 67.8 Å². The van der Waals surface area contributed by atoms with Crippen LogP contribution in [0.5, 0.6) is 0 Å². The average molecular weight is 1490 g/mol. The van der Waals surface area contributed by atoms with Gasteiger partial charge in [0.25, 0.3) is 0 Å². The monoisotopic (exact) mass is 1490 g/mol. The molecule has 0 bridgehead atoms. The van der Waals surface area contributed by atoms with Crippen LogP contribution in [0.1, 0.15) is 83.8 Å². The van der Waals surface area contributed by atoms with Crippen molar-refractivity contribution in [1.82, 2.24) is 0 Å². The lowest BCUT2D eigenvalue weighted by atomic mass is 9.65. The molecule has 546 valence electrons. The molecule has 15 aromatic rings. The number of rotatable bonds is 14. The standard InChI is InChI=1S/C101H62F10N2/c1-3-57-35-39-59(40-36-57)55-99(87-89(102)93(106)97(110)94(107)90(87)103)77-29-13-9-25-69(77)73-47-43-63(51-81(73)99)112(85-33-17-21-61-19-5-7-23-67(61)85)65-45-49-75-71-27-11-15-31-79(71)101(83(75)53-65)80-32-16-12-28-72(80)76-50-46-66(54-84(76)101)113(86-34-18-22-62-20-6-8-24-68(62)86)64-44-48-74-70-26-10-14-30-78(70)100(82(74)52-64,56-60-41-37-58(4-2)38-42-60)88-91(104)95(108)98(111)96(109)92(88)105/h3-54,71,79H,1-2,55-56H2. The van der Waals surface area contributed by atoms with Gasteiger partial charge in [-0.25, -0.2) is 43.9 Å². The molecule has 0 heterocycles. The molecule has 5 aliphatic carbocycles. The van der Waals surface area contributed by atoms with Crippen molar-refractivity contribution in [3.05, 3.63) is 453 Å². The first-order valence-corrected chi connectivity index (χ1v) is 37.3. The van der Waals surface area contributed by atoms with Gasteiger partial charge in [-0.1, -0.05) is 268 Å². The number of halogens is 10. The molecule has 113 heavy (non-hydrogen) atoms. The van der Waals surface area contributed by atoms with Crippen LogP contribution in [0.2, 0.25) is 0 Å². The minimum Gasteiger partial charge on any atom is -0.310 e. The SMILES string of the molecule is C=Cc1ccc(CC2(c3c(F)c(F)c(F)c(F)c3F)c3ccccc3-c3ccc(N(c4ccc5c(c4)C4(c6ccccc6-5)c5cc(N(c6ccc7c(c6)C(Cc6ccc(C=C)cc6)(c6c(F)c(F)c(F)c(F)c6F)c6ccccc6-7)c6cccc7ccccc67)ccc5C5C=CC=CC54)c4cccc5ccccc45)cc32)cc1. The van der Waals surface area contributed by atoms with Gasteiger partial charge in [0.05, 0.1) is 27.6 Å². The smallest absolute Gasteiger partial charge is 0.200 e. The van der Waals surface area contributed by atoms with Crippen molar-refractivity contribution in [3.8, 4) is 33.4 Å². The highest BCUT2D eigenvalue weighted by molar-refractivity contribution is 6.03. The van der Waals surface area contributed by atoms with Crippen LogP contribution >= 0.6 is 0 Å².